The molecule has 2 aromatic carbocycles. The molecular weight excluding hydrogens is 375 g/mol. The Balaban J connectivity index is 0.000000143. The zero-order valence-electron chi connectivity index (χ0n) is 13.0. The van der Waals surface area contributed by atoms with Crippen LogP contribution in [-0.4, -0.2) is 43.5 Å². The van der Waals surface area contributed by atoms with Gasteiger partial charge in [-0.2, -0.15) is 0 Å². The van der Waals surface area contributed by atoms with Crippen molar-refractivity contribution >= 4 is 39.9 Å². The third-order valence-electron chi connectivity index (χ3n) is 3.63. The van der Waals surface area contributed by atoms with E-state index in [9.17, 15) is 0 Å². The van der Waals surface area contributed by atoms with E-state index in [4.69, 9.17) is 19.5 Å². The van der Waals surface area contributed by atoms with Gasteiger partial charge in [0.25, 0.3) is 0 Å². The van der Waals surface area contributed by atoms with E-state index in [-0.39, 0.29) is 0 Å². The molecule has 0 saturated heterocycles. The molecule has 2 aliphatic heterocycles. The Kier molecular flexibility index (Phi) is 5.50. The van der Waals surface area contributed by atoms with Gasteiger partial charge in [-0.3, -0.25) is 0 Å². The Morgan fingerprint density at radius 2 is 1.46 bits per heavy atom. The molecule has 126 valence electrons. The van der Waals surface area contributed by atoms with Gasteiger partial charge in [-0.1, -0.05) is 18.2 Å². The summed E-state index contributed by atoms with van der Waals surface area (Å²) >= 11 is 3.44. The Morgan fingerprint density at radius 3 is 2.08 bits per heavy atom. The van der Waals surface area contributed by atoms with E-state index in [1.165, 1.54) is 0 Å². The van der Waals surface area contributed by atoms with E-state index >= 15 is 0 Å². The molecule has 6 nitrogen and oxygen atoms in total. The molecule has 0 saturated carbocycles. The largest absolute Gasteiger partial charge is 0.490 e. The Morgan fingerprint density at radius 1 is 0.875 bits per heavy atom. The minimum atomic E-state index is -1.45. The molecule has 0 radical (unpaired) electrons. The summed E-state index contributed by atoms with van der Waals surface area (Å²) in [4.78, 5) is 0. The predicted molar refractivity (Wildman–Crippen MR) is 98.4 cm³/mol. The van der Waals surface area contributed by atoms with Gasteiger partial charge < -0.3 is 30.2 Å². The third kappa shape index (κ3) is 3.77. The van der Waals surface area contributed by atoms with E-state index < -0.39 is 7.12 Å². The standard InChI is InChI=1S/C8H10BNO3.C8H8BrNO/c11-9(12)6-2-1-3-7-8(6)10-4-5-13-7;9-6-2-1-3-7-8(6)10-4-5-11-7/h1-3,10-12H,4-5H2;1-3,10H,4-5H2. The maximum Gasteiger partial charge on any atom is 0.490 e. The van der Waals surface area contributed by atoms with Gasteiger partial charge in [-0.15, -0.1) is 0 Å². The van der Waals surface area contributed by atoms with Crippen LogP contribution in [-0.2, 0) is 0 Å². The van der Waals surface area contributed by atoms with Crippen molar-refractivity contribution in [2.75, 3.05) is 36.9 Å². The minimum absolute atomic E-state index is 0.456. The van der Waals surface area contributed by atoms with Crippen molar-refractivity contribution in [3.05, 3.63) is 40.9 Å². The van der Waals surface area contributed by atoms with Crippen LogP contribution in [0.2, 0.25) is 0 Å². The van der Waals surface area contributed by atoms with Crippen LogP contribution in [0.4, 0.5) is 11.4 Å². The Hall–Kier alpha value is -1.90. The highest BCUT2D eigenvalue weighted by atomic mass is 79.9. The van der Waals surface area contributed by atoms with Crippen molar-refractivity contribution in [1.29, 1.82) is 0 Å². The molecule has 2 heterocycles. The second-order valence-corrected chi connectivity index (χ2v) is 6.11. The van der Waals surface area contributed by atoms with Crippen LogP contribution >= 0.6 is 15.9 Å². The van der Waals surface area contributed by atoms with Gasteiger partial charge in [-0.05, 0) is 34.1 Å². The molecule has 4 N–H and O–H groups in total. The number of fused-ring (bicyclic) bond motifs is 2. The SMILES string of the molecule is Brc1cccc2c1NCCO2.OB(O)c1cccc2c1NCCO2. The van der Waals surface area contributed by atoms with Crippen molar-refractivity contribution in [1.82, 2.24) is 0 Å². The molecule has 0 aromatic heterocycles. The van der Waals surface area contributed by atoms with Gasteiger partial charge in [0.2, 0.25) is 0 Å². The first-order valence-electron chi connectivity index (χ1n) is 7.67. The third-order valence-corrected chi connectivity index (χ3v) is 4.30. The fourth-order valence-electron chi connectivity index (χ4n) is 2.54. The molecule has 4 rings (SSSR count). The lowest BCUT2D eigenvalue weighted by molar-refractivity contribution is 0.323. The normalized spacial score (nSPS) is 14.3. The first-order valence-corrected chi connectivity index (χ1v) is 8.47. The van der Waals surface area contributed by atoms with Crippen molar-refractivity contribution in [3.63, 3.8) is 0 Å². The highest BCUT2D eigenvalue weighted by Gasteiger charge is 2.20. The number of hydrogen-bond donors (Lipinski definition) is 4. The lowest BCUT2D eigenvalue weighted by Gasteiger charge is -2.21. The molecular formula is C16H18BBrN2O4. The maximum absolute atomic E-state index is 9.04. The summed E-state index contributed by atoms with van der Waals surface area (Å²) in [6.45, 7) is 2.94. The summed E-state index contributed by atoms with van der Waals surface area (Å²) in [5.41, 5.74) is 2.21. The van der Waals surface area contributed by atoms with E-state index in [1.54, 1.807) is 18.2 Å². The predicted octanol–water partition coefficient (Wildman–Crippen LogP) is 1.42. The highest BCUT2D eigenvalue weighted by Crippen LogP contribution is 2.33. The van der Waals surface area contributed by atoms with Crippen LogP contribution in [0.15, 0.2) is 40.9 Å². The molecule has 0 spiro atoms. The zero-order valence-corrected chi connectivity index (χ0v) is 14.5. The minimum Gasteiger partial charge on any atom is -0.490 e. The summed E-state index contributed by atoms with van der Waals surface area (Å²) in [7, 11) is -1.45. The lowest BCUT2D eigenvalue weighted by atomic mass is 9.78. The number of halogens is 1. The zero-order chi connectivity index (χ0) is 16.9. The lowest BCUT2D eigenvalue weighted by Crippen LogP contribution is -2.35. The van der Waals surface area contributed by atoms with Gasteiger partial charge in [-0.25, -0.2) is 0 Å². The highest BCUT2D eigenvalue weighted by molar-refractivity contribution is 9.10. The van der Waals surface area contributed by atoms with Crippen LogP contribution in [0.1, 0.15) is 0 Å². The van der Waals surface area contributed by atoms with E-state index in [1.807, 2.05) is 18.2 Å². The number of rotatable bonds is 1. The summed E-state index contributed by atoms with van der Waals surface area (Å²) in [6, 6.07) is 11.1. The number of ether oxygens (including phenoxy) is 2. The maximum atomic E-state index is 9.04. The Labute approximate surface area is 149 Å². The fraction of sp³-hybridized carbons (Fsp3) is 0.250. The molecule has 8 heteroatoms. The van der Waals surface area contributed by atoms with Gasteiger partial charge in [0.1, 0.15) is 24.7 Å². The van der Waals surface area contributed by atoms with Crippen molar-refractivity contribution < 1.29 is 19.5 Å². The summed E-state index contributed by atoms with van der Waals surface area (Å²) in [5.74, 6) is 1.61. The fourth-order valence-corrected chi connectivity index (χ4v) is 3.03. The van der Waals surface area contributed by atoms with Crippen LogP contribution in [0.25, 0.3) is 0 Å². The molecule has 24 heavy (non-hydrogen) atoms. The van der Waals surface area contributed by atoms with Gasteiger partial charge >= 0.3 is 7.12 Å². The summed E-state index contributed by atoms with van der Waals surface area (Å²) in [5, 5.41) is 24.4. The molecule has 0 bridgehead atoms. The first kappa shape index (κ1) is 16.9. The first-order chi connectivity index (χ1) is 11.7. The second kappa shape index (κ2) is 7.78. The van der Waals surface area contributed by atoms with Crippen molar-refractivity contribution in [3.8, 4) is 11.5 Å². The molecule has 0 fully saturated rings. The van der Waals surface area contributed by atoms with Gasteiger partial charge in [0, 0.05) is 23.0 Å². The molecule has 2 aromatic rings. The van der Waals surface area contributed by atoms with Crippen molar-refractivity contribution in [2.24, 2.45) is 0 Å². The number of hydrogen-bond acceptors (Lipinski definition) is 6. The number of nitrogens with one attached hydrogen (secondary N) is 2. The van der Waals surface area contributed by atoms with Crippen LogP contribution in [0.5, 0.6) is 11.5 Å². The molecule has 2 aliphatic rings. The Bertz CT molecular complexity index is 714. The van der Waals surface area contributed by atoms with Crippen LogP contribution < -0.4 is 25.6 Å². The average molecular weight is 393 g/mol. The van der Waals surface area contributed by atoms with E-state index in [0.29, 0.717) is 30.1 Å². The molecule has 0 unspecified atom stereocenters. The second-order valence-electron chi connectivity index (χ2n) is 5.26. The molecule has 0 aliphatic carbocycles. The van der Waals surface area contributed by atoms with E-state index in [2.05, 4.69) is 26.6 Å². The number of anilines is 2. The number of benzene rings is 2. The quantitative estimate of drug-likeness (QED) is 0.549. The van der Waals surface area contributed by atoms with Crippen LogP contribution in [0.3, 0.4) is 0 Å². The van der Waals surface area contributed by atoms with Crippen molar-refractivity contribution in [2.45, 2.75) is 0 Å². The summed E-state index contributed by atoms with van der Waals surface area (Å²) in [6.07, 6.45) is 0. The number of para-hydroxylation sites is 2. The molecule has 0 atom stereocenters. The van der Waals surface area contributed by atoms with Gasteiger partial charge in [0.15, 0.2) is 0 Å². The van der Waals surface area contributed by atoms with E-state index in [0.717, 1.165) is 29.1 Å². The summed E-state index contributed by atoms with van der Waals surface area (Å²) < 4.78 is 11.8. The smallest absolute Gasteiger partial charge is 0.490 e. The molecule has 0 amide bonds. The van der Waals surface area contributed by atoms with Gasteiger partial charge in [0.05, 0.1) is 11.4 Å². The van der Waals surface area contributed by atoms with Crippen LogP contribution in [0, 0.1) is 0 Å². The topological polar surface area (TPSA) is 83.0 Å². The average Bonchev–Trinajstić information content (AvgIpc) is 2.62. The monoisotopic (exact) mass is 392 g/mol.